The number of benzene rings is 2. The van der Waals surface area contributed by atoms with E-state index in [-0.39, 0.29) is 0 Å². The number of aryl methyl sites for hydroxylation is 2. The quantitative estimate of drug-likeness (QED) is 0.527. The van der Waals surface area contributed by atoms with Crippen LogP contribution < -0.4 is 19.5 Å². The van der Waals surface area contributed by atoms with Crippen LogP contribution >= 0.6 is 0 Å². The van der Waals surface area contributed by atoms with Crippen molar-refractivity contribution in [1.29, 1.82) is 0 Å². The highest BCUT2D eigenvalue weighted by atomic mass is 16.5. The first-order valence-corrected chi connectivity index (χ1v) is 9.76. The first kappa shape index (κ1) is 20.7. The maximum Gasteiger partial charge on any atom is 0.203 e. The van der Waals surface area contributed by atoms with Crippen LogP contribution in [0.2, 0.25) is 0 Å². The summed E-state index contributed by atoms with van der Waals surface area (Å²) in [5.41, 5.74) is 4.54. The molecule has 1 N–H and O–H groups in total. The number of rotatable bonds is 10. The summed E-state index contributed by atoms with van der Waals surface area (Å²) in [5.74, 6) is 1.96. The van der Waals surface area contributed by atoms with Gasteiger partial charge < -0.3 is 19.5 Å². The maximum atomic E-state index is 5.41. The minimum absolute atomic E-state index is 0.615. The lowest BCUT2D eigenvalue weighted by atomic mass is 10.1. The molecule has 154 valence electrons. The van der Waals surface area contributed by atoms with Gasteiger partial charge in [-0.15, -0.1) is 0 Å². The van der Waals surface area contributed by atoms with Crippen molar-refractivity contribution < 1.29 is 14.2 Å². The fourth-order valence-electron chi connectivity index (χ4n) is 3.33. The van der Waals surface area contributed by atoms with Crippen molar-refractivity contribution in [2.24, 2.45) is 0 Å². The lowest BCUT2D eigenvalue weighted by molar-refractivity contribution is 0.323. The van der Waals surface area contributed by atoms with Gasteiger partial charge in [-0.3, -0.25) is 0 Å². The third-order valence-corrected chi connectivity index (χ3v) is 4.87. The first-order chi connectivity index (χ1) is 14.2. The molecule has 0 bridgehead atoms. The maximum absolute atomic E-state index is 5.41. The predicted octanol–water partition coefficient (Wildman–Crippen LogP) is 3.93. The minimum atomic E-state index is 0.615. The number of hydrogen-bond donors (Lipinski definition) is 1. The molecule has 0 saturated heterocycles. The van der Waals surface area contributed by atoms with E-state index in [4.69, 9.17) is 14.2 Å². The van der Waals surface area contributed by atoms with E-state index in [1.807, 2.05) is 35.0 Å². The molecule has 0 unspecified atom stereocenters. The van der Waals surface area contributed by atoms with E-state index in [1.165, 1.54) is 5.56 Å². The number of ether oxygens (including phenoxy) is 3. The average Bonchev–Trinajstić information content (AvgIpc) is 3.13. The summed E-state index contributed by atoms with van der Waals surface area (Å²) in [7, 11) is 4.87. The van der Waals surface area contributed by atoms with Crippen molar-refractivity contribution in [2.45, 2.75) is 26.3 Å². The summed E-state index contributed by atoms with van der Waals surface area (Å²) in [6.07, 6.45) is 4.15. The number of methoxy groups -OCH3 is 3. The molecule has 6 nitrogen and oxygen atoms in total. The van der Waals surface area contributed by atoms with Gasteiger partial charge in [0.15, 0.2) is 11.5 Å². The van der Waals surface area contributed by atoms with Gasteiger partial charge in [0.1, 0.15) is 0 Å². The molecule has 0 aliphatic rings. The Hall–Kier alpha value is -2.99. The molecule has 0 aliphatic carbocycles. The lowest BCUT2D eigenvalue weighted by Crippen LogP contribution is -2.15. The van der Waals surface area contributed by atoms with E-state index in [1.54, 1.807) is 21.3 Å². The number of hydrogen-bond acceptors (Lipinski definition) is 5. The van der Waals surface area contributed by atoms with Crippen molar-refractivity contribution in [3.05, 3.63) is 65.5 Å². The molecule has 3 rings (SSSR count). The monoisotopic (exact) mass is 395 g/mol. The van der Waals surface area contributed by atoms with Crippen LogP contribution in [-0.2, 0) is 13.0 Å². The second-order valence-electron chi connectivity index (χ2n) is 6.83. The molecule has 0 aliphatic heterocycles. The molecule has 3 aromatic rings. The third kappa shape index (κ3) is 5.09. The Kier molecular flexibility index (Phi) is 7.14. The van der Waals surface area contributed by atoms with E-state index >= 15 is 0 Å². The standard InChI is InChI=1S/C23H29N3O3/c1-17-19(16-26(25-17)20-10-6-5-7-11-20)9-8-12-24-15-18-13-21(27-2)23(29-4)22(14-18)28-3/h5-7,10-11,13-14,16,24H,8-9,12,15H2,1-4H3. The molecule has 0 fully saturated rings. The Morgan fingerprint density at radius 1 is 0.966 bits per heavy atom. The second kappa shape index (κ2) is 9.98. The van der Waals surface area contributed by atoms with Crippen molar-refractivity contribution in [3.63, 3.8) is 0 Å². The fourth-order valence-corrected chi connectivity index (χ4v) is 3.33. The van der Waals surface area contributed by atoms with Crippen molar-refractivity contribution >= 4 is 0 Å². The summed E-state index contributed by atoms with van der Waals surface area (Å²) in [6.45, 7) is 3.71. The van der Waals surface area contributed by atoms with Gasteiger partial charge in [0.05, 0.1) is 32.7 Å². The highest BCUT2D eigenvalue weighted by molar-refractivity contribution is 5.53. The molecule has 0 spiro atoms. The molecule has 0 atom stereocenters. The van der Waals surface area contributed by atoms with Crippen LogP contribution in [0.5, 0.6) is 17.2 Å². The molecule has 0 amide bonds. The zero-order chi connectivity index (χ0) is 20.6. The molecule has 29 heavy (non-hydrogen) atoms. The first-order valence-electron chi connectivity index (χ1n) is 9.76. The summed E-state index contributed by atoms with van der Waals surface area (Å²) in [4.78, 5) is 0. The number of aromatic nitrogens is 2. The summed E-state index contributed by atoms with van der Waals surface area (Å²) < 4.78 is 18.2. The van der Waals surface area contributed by atoms with Gasteiger partial charge in [0.25, 0.3) is 0 Å². The SMILES string of the molecule is COc1cc(CNCCCc2cn(-c3ccccc3)nc2C)cc(OC)c1OC. The fraction of sp³-hybridized carbons (Fsp3) is 0.348. The molecule has 1 heterocycles. The highest BCUT2D eigenvalue weighted by Crippen LogP contribution is 2.38. The van der Waals surface area contributed by atoms with Crippen molar-refractivity contribution in [1.82, 2.24) is 15.1 Å². The molecule has 0 saturated carbocycles. The smallest absolute Gasteiger partial charge is 0.203 e. The van der Waals surface area contributed by atoms with E-state index < -0.39 is 0 Å². The normalized spacial score (nSPS) is 10.8. The predicted molar refractivity (Wildman–Crippen MR) is 114 cm³/mol. The number of para-hydroxylation sites is 1. The minimum Gasteiger partial charge on any atom is -0.493 e. The zero-order valence-corrected chi connectivity index (χ0v) is 17.6. The highest BCUT2D eigenvalue weighted by Gasteiger charge is 2.13. The Bertz CT molecular complexity index is 897. The van der Waals surface area contributed by atoms with Crippen LogP contribution in [-0.4, -0.2) is 37.7 Å². The van der Waals surface area contributed by atoms with Crippen LogP contribution in [0.4, 0.5) is 0 Å². The molecule has 2 aromatic carbocycles. The van der Waals surface area contributed by atoms with Gasteiger partial charge in [-0.25, -0.2) is 4.68 Å². The van der Waals surface area contributed by atoms with Crippen LogP contribution in [0.3, 0.4) is 0 Å². The Morgan fingerprint density at radius 3 is 2.28 bits per heavy atom. The zero-order valence-electron chi connectivity index (χ0n) is 17.6. The van der Waals surface area contributed by atoms with Crippen LogP contribution in [0.1, 0.15) is 23.2 Å². The largest absolute Gasteiger partial charge is 0.493 e. The van der Waals surface area contributed by atoms with Gasteiger partial charge in [0, 0.05) is 12.7 Å². The topological polar surface area (TPSA) is 57.5 Å². The van der Waals surface area contributed by atoms with Crippen molar-refractivity contribution in [3.8, 4) is 22.9 Å². The Balaban J connectivity index is 1.52. The Labute approximate surface area is 172 Å². The summed E-state index contributed by atoms with van der Waals surface area (Å²) in [6, 6.07) is 14.1. The van der Waals surface area contributed by atoms with Gasteiger partial charge in [-0.1, -0.05) is 18.2 Å². The van der Waals surface area contributed by atoms with E-state index in [0.717, 1.165) is 42.9 Å². The summed E-state index contributed by atoms with van der Waals surface area (Å²) >= 11 is 0. The molecule has 6 heteroatoms. The second-order valence-corrected chi connectivity index (χ2v) is 6.83. The average molecular weight is 396 g/mol. The van der Waals surface area contributed by atoms with Crippen molar-refractivity contribution in [2.75, 3.05) is 27.9 Å². The Morgan fingerprint density at radius 2 is 1.66 bits per heavy atom. The van der Waals surface area contributed by atoms with Gasteiger partial charge in [0.2, 0.25) is 5.75 Å². The van der Waals surface area contributed by atoms with E-state index in [9.17, 15) is 0 Å². The van der Waals surface area contributed by atoms with Gasteiger partial charge >= 0.3 is 0 Å². The van der Waals surface area contributed by atoms with Crippen LogP contribution in [0, 0.1) is 6.92 Å². The number of nitrogens with zero attached hydrogens (tertiary/aromatic N) is 2. The lowest BCUT2D eigenvalue weighted by Gasteiger charge is -2.14. The molecule has 1 aromatic heterocycles. The van der Waals surface area contributed by atoms with Crippen LogP contribution in [0.15, 0.2) is 48.7 Å². The molecular weight excluding hydrogens is 366 g/mol. The molecular formula is C23H29N3O3. The van der Waals surface area contributed by atoms with Gasteiger partial charge in [-0.2, -0.15) is 5.10 Å². The third-order valence-electron chi connectivity index (χ3n) is 4.87. The van der Waals surface area contributed by atoms with Crippen LogP contribution in [0.25, 0.3) is 5.69 Å². The van der Waals surface area contributed by atoms with E-state index in [0.29, 0.717) is 17.2 Å². The van der Waals surface area contributed by atoms with E-state index in [2.05, 4.69) is 35.7 Å². The van der Waals surface area contributed by atoms with Gasteiger partial charge in [-0.05, 0) is 61.7 Å². The molecule has 0 radical (unpaired) electrons. The summed E-state index contributed by atoms with van der Waals surface area (Å²) in [5, 5.41) is 8.13. The number of nitrogens with one attached hydrogen (secondary N) is 1.